The van der Waals surface area contributed by atoms with Gasteiger partial charge in [0.05, 0.1) is 11.1 Å². The molecule has 2 heteroatoms. The van der Waals surface area contributed by atoms with Gasteiger partial charge in [0.15, 0.2) is 0 Å². The Labute approximate surface area is 80.7 Å². The lowest BCUT2D eigenvalue weighted by molar-refractivity contribution is 0.0434. The Morgan fingerprint density at radius 1 is 1.46 bits per heavy atom. The average molecular weight is 181 g/mol. The van der Waals surface area contributed by atoms with Gasteiger partial charge in [-0.25, -0.2) is 0 Å². The lowest BCUT2D eigenvalue weighted by atomic mass is 9.99. The van der Waals surface area contributed by atoms with Crippen LogP contribution in [0.2, 0.25) is 0 Å². The normalized spacial score (nSPS) is 21.4. The SMILES string of the molecule is C#CC(C)(C)NCC1(O)CCCC1. The van der Waals surface area contributed by atoms with Crippen molar-refractivity contribution >= 4 is 0 Å². The predicted molar refractivity (Wildman–Crippen MR) is 54.3 cm³/mol. The third-order valence-electron chi connectivity index (χ3n) is 2.75. The molecule has 0 aromatic rings. The fourth-order valence-electron chi connectivity index (χ4n) is 1.65. The van der Waals surface area contributed by atoms with Crippen LogP contribution < -0.4 is 5.32 Å². The van der Waals surface area contributed by atoms with Crippen molar-refractivity contribution < 1.29 is 5.11 Å². The van der Waals surface area contributed by atoms with Crippen LogP contribution in [-0.4, -0.2) is 22.8 Å². The highest BCUT2D eigenvalue weighted by atomic mass is 16.3. The molecule has 74 valence electrons. The first-order valence-corrected chi connectivity index (χ1v) is 4.93. The summed E-state index contributed by atoms with van der Waals surface area (Å²) in [5.74, 6) is 2.66. The summed E-state index contributed by atoms with van der Waals surface area (Å²) in [6, 6.07) is 0. The highest BCUT2D eigenvalue weighted by Gasteiger charge is 2.32. The Balaban J connectivity index is 2.38. The van der Waals surface area contributed by atoms with Gasteiger partial charge in [0, 0.05) is 6.54 Å². The van der Waals surface area contributed by atoms with E-state index in [9.17, 15) is 5.11 Å². The van der Waals surface area contributed by atoms with E-state index in [0.717, 1.165) is 25.7 Å². The summed E-state index contributed by atoms with van der Waals surface area (Å²) >= 11 is 0. The van der Waals surface area contributed by atoms with Gasteiger partial charge in [0.2, 0.25) is 0 Å². The molecule has 0 atom stereocenters. The van der Waals surface area contributed by atoms with Crippen LogP contribution in [0.5, 0.6) is 0 Å². The summed E-state index contributed by atoms with van der Waals surface area (Å²) in [5, 5.41) is 13.2. The molecule has 0 unspecified atom stereocenters. The molecule has 0 aliphatic heterocycles. The number of nitrogens with one attached hydrogen (secondary N) is 1. The van der Waals surface area contributed by atoms with Gasteiger partial charge in [0.1, 0.15) is 0 Å². The van der Waals surface area contributed by atoms with Gasteiger partial charge in [-0.05, 0) is 26.7 Å². The molecule has 13 heavy (non-hydrogen) atoms. The van der Waals surface area contributed by atoms with Gasteiger partial charge >= 0.3 is 0 Å². The molecule has 0 heterocycles. The minimum Gasteiger partial charge on any atom is -0.389 e. The van der Waals surface area contributed by atoms with E-state index in [4.69, 9.17) is 6.42 Å². The molecule has 2 nitrogen and oxygen atoms in total. The second-order valence-corrected chi connectivity index (χ2v) is 4.55. The Morgan fingerprint density at radius 3 is 2.46 bits per heavy atom. The lowest BCUT2D eigenvalue weighted by Gasteiger charge is -2.28. The first-order chi connectivity index (χ1) is 5.97. The zero-order chi connectivity index (χ0) is 9.95. The maximum atomic E-state index is 10.0. The van der Waals surface area contributed by atoms with Crippen LogP contribution in [0, 0.1) is 12.3 Å². The van der Waals surface area contributed by atoms with Gasteiger partial charge < -0.3 is 5.11 Å². The topological polar surface area (TPSA) is 32.3 Å². The molecule has 1 aliphatic carbocycles. The van der Waals surface area contributed by atoms with Crippen molar-refractivity contribution in [2.45, 2.75) is 50.7 Å². The zero-order valence-electron chi connectivity index (χ0n) is 8.56. The van der Waals surface area contributed by atoms with Crippen molar-refractivity contribution in [1.82, 2.24) is 5.32 Å². The zero-order valence-corrected chi connectivity index (χ0v) is 8.56. The summed E-state index contributed by atoms with van der Waals surface area (Å²) in [6.45, 7) is 4.51. The van der Waals surface area contributed by atoms with Crippen LogP contribution in [0.15, 0.2) is 0 Å². The van der Waals surface area contributed by atoms with E-state index < -0.39 is 5.60 Å². The highest BCUT2D eigenvalue weighted by molar-refractivity contribution is 5.08. The van der Waals surface area contributed by atoms with E-state index in [1.54, 1.807) is 0 Å². The summed E-state index contributed by atoms with van der Waals surface area (Å²) in [6.07, 6.45) is 9.41. The van der Waals surface area contributed by atoms with E-state index in [1.165, 1.54) is 0 Å². The van der Waals surface area contributed by atoms with Gasteiger partial charge in [-0.2, -0.15) is 0 Å². The quantitative estimate of drug-likeness (QED) is 0.643. The molecule has 1 rings (SSSR count). The predicted octanol–water partition coefficient (Wildman–Crippen LogP) is 1.29. The number of hydrogen-bond donors (Lipinski definition) is 2. The molecule has 0 saturated heterocycles. The number of hydrogen-bond acceptors (Lipinski definition) is 2. The first kappa shape index (κ1) is 10.6. The number of rotatable bonds is 3. The molecule has 0 aromatic heterocycles. The van der Waals surface area contributed by atoms with Gasteiger partial charge in [0.25, 0.3) is 0 Å². The van der Waals surface area contributed by atoms with Crippen molar-refractivity contribution in [2.75, 3.05) is 6.54 Å². The molecule has 0 bridgehead atoms. The molecular weight excluding hydrogens is 162 g/mol. The second kappa shape index (κ2) is 3.69. The molecule has 1 fully saturated rings. The first-order valence-electron chi connectivity index (χ1n) is 4.93. The molecule has 0 amide bonds. The van der Waals surface area contributed by atoms with Gasteiger partial charge in [-0.3, -0.25) is 5.32 Å². The monoisotopic (exact) mass is 181 g/mol. The van der Waals surface area contributed by atoms with Crippen LogP contribution in [0.3, 0.4) is 0 Å². The summed E-state index contributed by atoms with van der Waals surface area (Å²) in [7, 11) is 0. The van der Waals surface area contributed by atoms with Crippen LogP contribution in [0.25, 0.3) is 0 Å². The smallest absolute Gasteiger partial charge is 0.0772 e. The van der Waals surface area contributed by atoms with Crippen LogP contribution in [-0.2, 0) is 0 Å². The Kier molecular flexibility index (Phi) is 3.00. The molecule has 1 saturated carbocycles. The standard InChI is InChI=1S/C11H19NO/c1-4-10(2,3)12-9-11(13)7-5-6-8-11/h1,12-13H,5-9H2,2-3H3. The van der Waals surface area contributed by atoms with Crippen molar-refractivity contribution in [2.24, 2.45) is 0 Å². The molecular formula is C11H19NO. The third kappa shape index (κ3) is 3.02. The molecule has 1 aliphatic rings. The van der Waals surface area contributed by atoms with Crippen molar-refractivity contribution in [3.8, 4) is 12.3 Å². The molecule has 0 spiro atoms. The summed E-state index contributed by atoms with van der Waals surface area (Å²) in [4.78, 5) is 0. The van der Waals surface area contributed by atoms with Crippen molar-refractivity contribution in [1.29, 1.82) is 0 Å². The second-order valence-electron chi connectivity index (χ2n) is 4.55. The summed E-state index contributed by atoms with van der Waals surface area (Å²) in [5.41, 5.74) is -0.813. The Morgan fingerprint density at radius 2 is 2.00 bits per heavy atom. The maximum absolute atomic E-state index is 10.0. The van der Waals surface area contributed by atoms with Crippen molar-refractivity contribution in [3.63, 3.8) is 0 Å². The van der Waals surface area contributed by atoms with Crippen molar-refractivity contribution in [3.05, 3.63) is 0 Å². The van der Waals surface area contributed by atoms with E-state index in [2.05, 4.69) is 11.2 Å². The van der Waals surface area contributed by atoms with E-state index in [1.807, 2.05) is 13.8 Å². The van der Waals surface area contributed by atoms with Crippen LogP contribution in [0.4, 0.5) is 0 Å². The van der Waals surface area contributed by atoms with Gasteiger partial charge in [-0.15, -0.1) is 6.42 Å². The summed E-state index contributed by atoms with van der Waals surface area (Å²) < 4.78 is 0. The third-order valence-corrected chi connectivity index (χ3v) is 2.75. The van der Waals surface area contributed by atoms with Crippen LogP contribution in [0.1, 0.15) is 39.5 Å². The van der Waals surface area contributed by atoms with E-state index in [0.29, 0.717) is 6.54 Å². The number of β-amino-alcohol motifs (C(OH)–C–C–N with tert-alkyl or cyclic N) is 1. The molecule has 0 radical (unpaired) electrons. The van der Waals surface area contributed by atoms with Crippen LogP contribution >= 0.6 is 0 Å². The maximum Gasteiger partial charge on any atom is 0.0772 e. The minimum absolute atomic E-state index is 0.307. The Bertz CT molecular complexity index is 209. The minimum atomic E-state index is -0.506. The lowest BCUT2D eigenvalue weighted by Crippen LogP contribution is -2.47. The Hall–Kier alpha value is -0.520. The largest absolute Gasteiger partial charge is 0.389 e. The fraction of sp³-hybridized carbons (Fsp3) is 0.818. The van der Waals surface area contributed by atoms with E-state index >= 15 is 0 Å². The van der Waals surface area contributed by atoms with E-state index in [-0.39, 0.29) is 5.54 Å². The van der Waals surface area contributed by atoms with Gasteiger partial charge in [-0.1, -0.05) is 18.8 Å². The molecule has 0 aromatic carbocycles. The number of aliphatic hydroxyl groups is 1. The highest BCUT2D eigenvalue weighted by Crippen LogP contribution is 2.28. The fourth-order valence-corrected chi connectivity index (χ4v) is 1.65. The number of terminal acetylenes is 1. The average Bonchev–Trinajstić information content (AvgIpc) is 2.50. The molecule has 2 N–H and O–H groups in total.